The van der Waals surface area contributed by atoms with E-state index in [0.29, 0.717) is 33.0 Å². The summed E-state index contributed by atoms with van der Waals surface area (Å²) in [4.78, 5) is 28.3. The second-order valence-electron chi connectivity index (χ2n) is 9.13. The van der Waals surface area contributed by atoms with E-state index in [-0.39, 0.29) is 10.7 Å². The van der Waals surface area contributed by atoms with E-state index in [0.717, 1.165) is 17.5 Å². The SMILES string of the molecule is CCCOc1cccc(C2C(C(=O)C=Cc3ccccc3)=C(O)C(=O)N2c2nnc(SCc3ccc(Cl)cc3)s2)c1. The van der Waals surface area contributed by atoms with Gasteiger partial charge in [-0.2, -0.15) is 0 Å². The highest BCUT2D eigenvalue weighted by Crippen LogP contribution is 2.44. The van der Waals surface area contributed by atoms with Gasteiger partial charge in [-0.05, 0) is 53.5 Å². The predicted octanol–water partition coefficient (Wildman–Crippen LogP) is 7.46. The van der Waals surface area contributed by atoms with Crippen LogP contribution >= 0.6 is 34.7 Å². The number of carbonyl (C=O) groups is 2. The summed E-state index contributed by atoms with van der Waals surface area (Å²) in [6.07, 6.45) is 3.86. The summed E-state index contributed by atoms with van der Waals surface area (Å²) < 4.78 is 6.46. The van der Waals surface area contributed by atoms with E-state index in [4.69, 9.17) is 16.3 Å². The molecule has 4 aromatic rings. The standard InChI is InChI=1S/C31H26ClN3O4S2/c1-2-17-39-24-10-6-9-22(18-24)27-26(25(36)16-13-20-7-4-3-5-8-20)28(37)29(38)35(27)30-33-34-31(41-30)40-19-21-11-14-23(32)15-12-21/h3-16,18,27,37H,2,17,19H2,1H3. The number of hydrogen-bond donors (Lipinski definition) is 1. The van der Waals surface area contributed by atoms with E-state index in [1.165, 1.54) is 34.1 Å². The summed E-state index contributed by atoms with van der Waals surface area (Å²) in [5, 5.41) is 20.5. The number of carbonyl (C=O) groups excluding carboxylic acids is 2. The first-order valence-corrected chi connectivity index (χ1v) is 15.1. The molecule has 208 valence electrons. The second kappa shape index (κ2) is 13.2. The summed E-state index contributed by atoms with van der Waals surface area (Å²) >= 11 is 8.68. The lowest BCUT2D eigenvalue weighted by atomic mass is 9.95. The maximum atomic E-state index is 13.5. The third-order valence-electron chi connectivity index (χ3n) is 6.22. The monoisotopic (exact) mass is 603 g/mol. The summed E-state index contributed by atoms with van der Waals surface area (Å²) in [5.41, 5.74) is 2.46. The fourth-order valence-corrected chi connectivity index (χ4v) is 6.22. The zero-order valence-corrected chi connectivity index (χ0v) is 24.5. The molecule has 1 N–H and O–H groups in total. The highest BCUT2D eigenvalue weighted by molar-refractivity contribution is 8.00. The number of aliphatic hydroxyl groups excluding tert-OH is 1. The van der Waals surface area contributed by atoms with E-state index >= 15 is 0 Å². The summed E-state index contributed by atoms with van der Waals surface area (Å²) in [7, 11) is 0. The Morgan fingerprint density at radius 2 is 1.88 bits per heavy atom. The van der Waals surface area contributed by atoms with Crippen molar-refractivity contribution in [2.75, 3.05) is 11.5 Å². The molecule has 0 radical (unpaired) electrons. The smallest absolute Gasteiger partial charge is 0.296 e. The minimum absolute atomic E-state index is 0.0274. The Hall–Kier alpha value is -3.92. The largest absolute Gasteiger partial charge is 0.503 e. The zero-order valence-electron chi connectivity index (χ0n) is 22.1. The van der Waals surface area contributed by atoms with Crippen LogP contribution in [0.4, 0.5) is 5.13 Å². The molecule has 1 aliphatic rings. The summed E-state index contributed by atoms with van der Waals surface area (Å²) in [5.74, 6) is -0.558. The van der Waals surface area contributed by atoms with Gasteiger partial charge in [0.05, 0.1) is 18.2 Å². The molecule has 0 saturated carbocycles. The molecule has 1 aliphatic heterocycles. The number of nitrogens with zero attached hydrogens (tertiary/aromatic N) is 3. The highest BCUT2D eigenvalue weighted by atomic mass is 35.5. The number of anilines is 1. The number of thioether (sulfide) groups is 1. The molecule has 0 fully saturated rings. The molecule has 5 rings (SSSR count). The van der Waals surface area contributed by atoms with E-state index in [1.54, 1.807) is 24.3 Å². The number of aromatic nitrogens is 2. The molecule has 0 bridgehead atoms. The van der Waals surface area contributed by atoms with Crippen LogP contribution in [0.25, 0.3) is 6.08 Å². The van der Waals surface area contributed by atoms with Crippen LogP contribution in [0.1, 0.15) is 36.1 Å². The number of ether oxygens (including phenoxy) is 1. The van der Waals surface area contributed by atoms with Crippen molar-refractivity contribution in [3.63, 3.8) is 0 Å². The van der Waals surface area contributed by atoms with Crippen LogP contribution in [0, 0.1) is 0 Å². The average molecular weight is 604 g/mol. The Morgan fingerprint density at radius 3 is 2.63 bits per heavy atom. The van der Waals surface area contributed by atoms with Crippen LogP contribution in [0.2, 0.25) is 5.02 Å². The van der Waals surface area contributed by atoms with Gasteiger partial charge in [-0.15, -0.1) is 10.2 Å². The fraction of sp³-hybridized carbons (Fsp3) is 0.161. The van der Waals surface area contributed by atoms with Crippen molar-refractivity contribution in [1.82, 2.24) is 10.2 Å². The van der Waals surface area contributed by atoms with Crippen molar-refractivity contribution in [2.45, 2.75) is 29.5 Å². The van der Waals surface area contributed by atoms with Gasteiger partial charge in [-0.3, -0.25) is 14.5 Å². The van der Waals surface area contributed by atoms with Crippen molar-refractivity contribution in [3.05, 3.63) is 118 Å². The predicted molar refractivity (Wildman–Crippen MR) is 164 cm³/mol. The lowest BCUT2D eigenvalue weighted by Crippen LogP contribution is -2.30. The maximum absolute atomic E-state index is 13.5. The molecule has 1 unspecified atom stereocenters. The van der Waals surface area contributed by atoms with Crippen LogP contribution in [-0.4, -0.2) is 33.6 Å². The lowest BCUT2D eigenvalue weighted by molar-refractivity contribution is -0.117. The molecule has 7 nitrogen and oxygen atoms in total. The van der Waals surface area contributed by atoms with Crippen LogP contribution in [-0.2, 0) is 15.3 Å². The van der Waals surface area contributed by atoms with Gasteiger partial charge in [0.1, 0.15) is 5.75 Å². The van der Waals surface area contributed by atoms with Crippen molar-refractivity contribution >= 4 is 57.6 Å². The molecule has 2 heterocycles. The molecule has 0 aliphatic carbocycles. The second-order valence-corrected chi connectivity index (χ2v) is 11.7. The lowest BCUT2D eigenvalue weighted by Gasteiger charge is -2.24. The van der Waals surface area contributed by atoms with Crippen LogP contribution < -0.4 is 9.64 Å². The van der Waals surface area contributed by atoms with Gasteiger partial charge in [0, 0.05) is 10.8 Å². The molecule has 1 atom stereocenters. The minimum atomic E-state index is -0.914. The van der Waals surface area contributed by atoms with Gasteiger partial charge in [0.2, 0.25) is 5.13 Å². The van der Waals surface area contributed by atoms with Crippen LogP contribution in [0.15, 0.2) is 101 Å². The number of rotatable bonds is 11. The first-order chi connectivity index (χ1) is 19.9. The first-order valence-electron chi connectivity index (χ1n) is 12.9. The third-order valence-corrected chi connectivity index (χ3v) is 8.60. The number of benzene rings is 3. The van der Waals surface area contributed by atoms with Crippen molar-refractivity contribution in [2.24, 2.45) is 0 Å². The van der Waals surface area contributed by atoms with Crippen molar-refractivity contribution < 1.29 is 19.4 Å². The number of hydrogen-bond acceptors (Lipinski definition) is 8. The summed E-state index contributed by atoms with van der Waals surface area (Å²) in [6.45, 7) is 2.53. The van der Waals surface area contributed by atoms with Gasteiger partial charge in [0.25, 0.3) is 5.91 Å². The molecule has 3 aromatic carbocycles. The molecular weight excluding hydrogens is 578 g/mol. The minimum Gasteiger partial charge on any atom is -0.503 e. The Bertz CT molecular complexity index is 1600. The van der Waals surface area contributed by atoms with E-state index in [1.807, 2.05) is 67.6 Å². The molecular formula is C31H26ClN3O4S2. The molecule has 1 amide bonds. The van der Waals surface area contributed by atoms with Gasteiger partial charge >= 0.3 is 0 Å². The molecule has 0 spiro atoms. The Labute approximate surface area is 251 Å². The van der Waals surface area contributed by atoms with Gasteiger partial charge in [-0.1, -0.05) is 102 Å². The molecule has 1 aromatic heterocycles. The van der Waals surface area contributed by atoms with Gasteiger partial charge in [-0.25, -0.2) is 0 Å². The number of allylic oxidation sites excluding steroid dienone is 1. The average Bonchev–Trinajstić information content (AvgIpc) is 3.57. The molecule has 41 heavy (non-hydrogen) atoms. The Kier molecular flexibility index (Phi) is 9.18. The number of aliphatic hydroxyl groups is 1. The topological polar surface area (TPSA) is 92.6 Å². The number of ketones is 1. The fourth-order valence-electron chi connectivity index (χ4n) is 4.27. The van der Waals surface area contributed by atoms with Crippen LogP contribution in [0.3, 0.4) is 0 Å². The van der Waals surface area contributed by atoms with Crippen molar-refractivity contribution in [3.8, 4) is 5.75 Å². The molecule has 10 heteroatoms. The number of halogens is 1. The maximum Gasteiger partial charge on any atom is 0.296 e. The Balaban J connectivity index is 1.47. The third kappa shape index (κ3) is 6.70. The highest BCUT2D eigenvalue weighted by Gasteiger charge is 2.45. The van der Waals surface area contributed by atoms with Gasteiger partial charge in [0.15, 0.2) is 15.9 Å². The van der Waals surface area contributed by atoms with Crippen LogP contribution in [0.5, 0.6) is 5.75 Å². The quantitative estimate of drug-likeness (QED) is 0.108. The molecule has 0 saturated heterocycles. The first kappa shape index (κ1) is 28.6. The zero-order chi connectivity index (χ0) is 28.8. The normalized spacial score (nSPS) is 15.2. The van der Waals surface area contributed by atoms with E-state index < -0.39 is 23.5 Å². The summed E-state index contributed by atoms with van der Waals surface area (Å²) in [6, 6.07) is 23.2. The van der Waals surface area contributed by atoms with Crippen molar-refractivity contribution in [1.29, 1.82) is 0 Å². The van der Waals surface area contributed by atoms with E-state index in [9.17, 15) is 14.7 Å². The number of amides is 1. The van der Waals surface area contributed by atoms with E-state index in [2.05, 4.69) is 10.2 Å². The van der Waals surface area contributed by atoms with Gasteiger partial charge < -0.3 is 9.84 Å². The Morgan fingerprint density at radius 1 is 1.10 bits per heavy atom.